The summed E-state index contributed by atoms with van der Waals surface area (Å²) in [6.07, 6.45) is 2.14. The number of ether oxygens (including phenoxy) is 1. The van der Waals surface area contributed by atoms with Crippen LogP contribution >= 0.6 is 0 Å². The summed E-state index contributed by atoms with van der Waals surface area (Å²) in [6, 6.07) is 1.91. The molecule has 0 radical (unpaired) electrons. The topological polar surface area (TPSA) is 62.7 Å². The van der Waals surface area contributed by atoms with Crippen molar-refractivity contribution >= 4 is 18.2 Å². The monoisotopic (exact) mass is 305 g/mol. The zero-order valence-corrected chi connectivity index (χ0v) is 13.6. The maximum Gasteiger partial charge on any atom is 0.410 e. The molecule has 6 heteroatoms. The van der Waals surface area contributed by atoms with Gasteiger partial charge in [-0.3, -0.25) is 4.79 Å². The van der Waals surface area contributed by atoms with Gasteiger partial charge in [-0.1, -0.05) is 0 Å². The molecule has 2 rings (SSSR count). The molecular formula is C16H23N3O3. The SMILES string of the molecule is Cc1cc(N2CCN(C(=O)OC(C)(C)C)CC2)ncc1C=O. The number of piperazine rings is 1. The molecular weight excluding hydrogens is 282 g/mol. The number of rotatable bonds is 2. The average Bonchev–Trinajstić information content (AvgIpc) is 2.45. The lowest BCUT2D eigenvalue weighted by Gasteiger charge is -2.36. The van der Waals surface area contributed by atoms with E-state index < -0.39 is 5.60 Å². The number of anilines is 1. The van der Waals surface area contributed by atoms with Crippen LogP contribution < -0.4 is 4.90 Å². The fourth-order valence-corrected chi connectivity index (χ4v) is 2.29. The van der Waals surface area contributed by atoms with E-state index in [1.807, 2.05) is 33.8 Å². The summed E-state index contributed by atoms with van der Waals surface area (Å²) in [6.45, 7) is 10.1. The van der Waals surface area contributed by atoms with E-state index in [0.29, 0.717) is 31.7 Å². The molecule has 1 aliphatic heterocycles. The first-order chi connectivity index (χ1) is 10.3. The Morgan fingerprint density at radius 2 is 1.91 bits per heavy atom. The quantitative estimate of drug-likeness (QED) is 0.784. The van der Waals surface area contributed by atoms with E-state index in [1.165, 1.54) is 0 Å². The van der Waals surface area contributed by atoms with E-state index in [4.69, 9.17) is 4.74 Å². The van der Waals surface area contributed by atoms with Gasteiger partial charge in [0.15, 0.2) is 6.29 Å². The van der Waals surface area contributed by atoms with Gasteiger partial charge in [-0.25, -0.2) is 9.78 Å². The Kier molecular flexibility index (Phi) is 4.68. The molecule has 0 N–H and O–H groups in total. The number of amides is 1. The largest absolute Gasteiger partial charge is 0.444 e. The van der Waals surface area contributed by atoms with E-state index in [-0.39, 0.29) is 6.09 Å². The van der Waals surface area contributed by atoms with Crippen LogP contribution in [0.15, 0.2) is 12.3 Å². The van der Waals surface area contributed by atoms with Gasteiger partial charge < -0.3 is 14.5 Å². The number of hydrogen-bond donors (Lipinski definition) is 0. The van der Waals surface area contributed by atoms with Crippen LogP contribution in [-0.4, -0.2) is 54.0 Å². The first kappa shape index (κ1) is 16.3. The lowest BCUT2D eigenvalue weighted by Crippen LogP contribution is -2.50. The molecule has 0 atom stereocenters. The zero-order valence-electron chi connectivity index (χ0n) is 13.6. The molecule has 1 aromatic heterocycles. The summed E-state index contributed by atoms with van der Waals surface area (Å²) in [5.41, 5.74) is 1.04. The van der Waals surface area contributed by atoms with Gasteiger partial charge >= 0.3 is 6.09 Å². The second-order valence-electron chi connectivity index (χ2n) is 6.47. The Morgan fingerprint density at radius 1 is 1.27 bits per heavy atom. The minimum atomic E-state index is -0.475. The summed E-state index contributed by atoms with van der Waals surface area (Å²) in [5.74, 6) is 0.840. The molecule has 0 aliphatic carbocycles. The van der Waals surface area contributed by atoms with Crippen LogP contribution in [0.4, 0.5) is 10.6 Å². The number of carbonyl (C=O) groups excluding carboxylic acids is 2. The first-order valence-corrected chi connectivity index (χ1v) is 7.45. The fourth-order valence-electron chi connectivity index (χ4n) is 2.29. The summed E-state index contributed by atoms with van der Waals surface area (Å²) < 4.78 is 5.38. The van der Waals surface area contributed by atoms with E-state index >= 15 is 0 Å². The van der Waals surface area contributed by atoms with Gasteiger partial charge in [0.05, 0.1) is 0 Å². The van der Waals surface area contributed by atoms with Crippen LogP contribution in [0.1, 0.15) is 36.7 Å². The van der Waals surface area contributed by atoms with E-state index in [1.54, 1.807) is 11.1 Å². The Morgan fingerprint density at radius 3 is 2.41 bits per heavy atom. The molecule has 1 amide bonds. The number of pyridine rings is 1. The molecule has 0 bridgehead atoms. The molecule has 1 aliphatic rings. The molecule has 2 heterocycles. The summed E-state index contributed by atoms with van der Waals surface area (Å²) in [5, 5.41) is 0. The fraction of sp³-hybridized carbons (Fsp3) is 0.562. The maximum atomic E-state index is 12.0. The second kappa shape index (κ2) is 6.34. The molecule has 120 valence electrons. The van der Waals surface area contributed by atoms with Crippen molar-refractivity contribution in [3.8, 4) is 0 Å². The number of aldehydes is 1. The van der Waals surface area contributed by atoms with Crippen molar-refractivity contribution in [2.75, 3.05) is 31.1 Å². The predicted molar refractivity (Wildman–Crippen MR) is 84.4 cm³/mol. The maximum absolute atomic E-state index is 12.0. The minimum Gasteiger partial charge on any atom is -0.444 e. The van der Waals surface area contributed by atoms with Gasteiger partial charge in [-0.15, -0.1) is 0 Å². The lowest BCUT2D eigenvalue weighted by molar-refractivity contribution is 0.0240. The number of hydrogen-bond acceptors (Lipinski definition) is 5. The van der Waals surface area contributed by atoms with Gasteiger partial charge in [-0.05, 0) is 39.3 Å². The normalized spacial score (nSPS) is 15.6. The molecule has 0 aromatic carbocycles. The van der Waals surface area contributed by atoms with Crippen molar-refractivity contribution in [2.45, 2.75) is 33.3 Å². The predicted octanol–water partition coefficient (Wildman–Crippen LogP) is 2.26. The van der Waals surface area contributed by atoms with Crippen LogP contribution in [-0.2, 0) is 4.74 Å². The molecule has 0 unspecified atom stereocenters. The third-order valence-corrected chi connectivity index (χ3v) is 3.52. The van der Waals surface area contributed by atoms with Crippen molar-refractivity contribution in [3.63, 3.8) is 0 Å². The number of aryl methyl sites for hydroxylation is 1. The minimum absolute atomic E-state index is 0.271. The van der Waals surface area contributed by atoms with E-state index in [2.05, 4.69) is 9.88 Å². The summed E-state index contributed by atoms with van der Waals surface area (Å²) >= 11 is 0. The molecule has 1 fully saturated rings. The summed E-state index contributed by atoms with van der Waals surface area (Å²) in [7, 11) is 0. The van der Waals surface area contributed by atoms with Crippen molar-refractivity contribution in [1.82, 2.24) is 9.88 Å². The number of aromatic nitrogens is 1. The third-order valence-electron chi connectivity index (χ3n) is 3.52. The molecule has 1 aromatic rings. The summed E-state index contributed by atoms with van der Waals surface area (Å²) in [4.78, 5) is 31.0. The van der Waals surface area contributed by atoms with Gasteiger partial charge in [-0.2, -0.15) is 0 Å². The number of nitrogens with zero attached hydrogens (tertiary/aromatic N) is 3. The Hall–Kier alpha value is -2.11. The van der Waals surface area contributed by atoms with Gasteiger partial charge in [0.2, 0.25) is 0 Å². The third kappa shape index (κ3) is 3.96. The van der Waals surface area contributed by atoms with Crippen LogP contribution in [0, 0.1) is 6.92 Å². The molecule has 1 saturated heterocycles. The van der Waals surface area contributed by atoms with Crippen molar-refractivity contribution in [1.29, 1.82) is 0 Å². The molecule has 22 heavy (non-hydrogen) atoms. The Balaban J connectivity index is 1.96. The average molecular weight is 305 g/mol. The number of carbonyl (C=O) groups is 2. The van der Waals surface area contributed by atoms with Crippen LogP contribution in [0.2, 0.25) is 0 Å². The van der Waals surface area contributed by atoms with E-state index in [9.17, 15) is 9.59 Å². The van der Waals surface area contributed by atoms with Gasteiger partial charge in [0, 0.05) is 37.9 Å². The molecule has 0 spiro atoms. The standard InChI is InChI=1S/C16H23N3O3/c1-12-9-14(17-10-13(12)11-20)18-5-7-19(8-6-18)15(21)22-16(2,3)4/h9-11H,5-8H2,1-4H3. The van der Waals surface area contributed by atoms with Crippen molar-refractivity contribution in [3.05, 3.63) is 23.4 Å². The van der Waals surface area contributed by atoms with Gasteiger partial charge in [0.25, 0.3) is 0 Å². The Bertz CT molecular complexity index is 558. The van der Waals surface area contributed by atoms with Crippen LogP contribution in [0.5, 0.6) is 0 Å². The van der Waals surface area contributed by atoms with E-state index in [0.717, 1.165) is 17.7 Å². The van der Waals surface area contributed by atoms with Crippen LogP contribution in [0.25, 0.3) is 0 Å². The smallest absolute Gasteiger partial charge is 0.410 e. The highest BCUT2D eigenvalue weighted by Gasteiger charge is 2.26. The first-order valence-electron chi connectivity index (χ1n) is 7.45. The van der Waals surface area contributed by atoms with Gasteiger partial charge in [0.1, 0.15) is 11.4 Å². The Labute approximate surface area is 131 Å². The highest BCUT2D eigenvalue weighted by Crippen LogP contribution is 2.18. The molecule has 0 saturated carbocycles. The zero-order chi connectivity index (χ0) is 16.3. The molecule has 6 nitrogen and oxygen atoms in total. The highest BCUT2D eigenvalue weighted by molar-refractivity contribution is 5.77. The second-order valence-corrected chi connectivity index (χ2v) is 6.47. The van der Waals surface area contributed by atoms with Crippen molar-refractivity contribution in [2.24, 2.45) is 0 Å². The highest BCUT2D eigenvalue weighted by atomic mass is 16.6. The van der Waals surface area contributed by atoms with Crippen LogP contribution in [0.3, 0.4) is 0 Å². The lowest BCUT2D eigenvalue weighted by atomic mass is 10.1. The van der Waals surface area contributed by atoms with Crippen molar-refractivity contribution < 1.29 is 14.3 Å².